The number of rotatable bonds is 3. The fourth-order valence-corrected chi connectivity index (χ4v) is 2.55. The van der Waals surface area contributed by atoms with Crippen LogP contribution in [0, 0.1) is 0 Å². The summed E-state index contributed by atoms with van der Waals surface area (Å²) in [4.78, 5) is 26.1. The average molecular weight is 263 g/mol. The van der Waals surface area contributed by atoms with Crippen molar-refractivity contribution >= 4 is 33.9 Å². The zero-order chi connectivity index (χ0) is 13.3. The minimum atomic E-state index is -1.48. The molecule has 1 aromatic carbocycles. The van der Waals surface area contributed by atoms with Crippen LogP contribution in [0.2, 0.25) is 0 Å². The van der Waals surface area contributed by atoms with Crippen molar-refractivity contribution in [2.45, 2.75) is 17.2 Å². The summed E-state index contributed by atoms with van der Waals surface area (Å²) in [5.74, 6) is 0.333. The lowest BCUT2D eigenvalue weighted by Gasteiger charge is -2.20. The zero-order valence-electron chi connectivity index (χ0n) is 9.41. The number of nitrogens with zero attached hydrogens (tertiary/aromatic N) is 1. The largest absolute Gasteiger partial charge is 0.480 e. The molecule has 5 nitrogen and oxygen atoms in total. The second-order valence-corrected chi connectivity index (χ2v) is 5.23. The molecule has 18 heavy (non-hydrogen) atoms. The second-order valence-electron chi connectivity index (χ2n) is 3.98. The summed E-state index contributed by atoms with van der Waals surface area (Å²) in [7, 11) is -1.36. The smallest absolute Gasteiger partial charge is 0.318 e. The van der Waals surface area contributed by atoms with Crippen LogP contribution in [0.15, 0.2) is 34.2 Å². The van der Waals surface area contributed by atoms with Crippen molar-refractivity contribution in [3.05, 3.63) is 29.8 Å². The van der Waals surface area contributed by atoms with Crippen molar-refractivity contribution in [2.24, 2.45) is 4.99 Å². The van der Waals surface area contributed by atoms with Gasteiger partial charge in [-0.2, -0.15) is 0 Å². The van der Waals surface area contributed by atoms with E-state index in [1.807, 2.05) is 0 Å². The fraction of sp³-hybridized carbons (Fsp3) is 0.167. The third kappa shape index (κ3) is 1.81. The van der Waals surface area contributed by atoms with Gasteiger partial charge in [0, 0.05) is 6.08 Å². The molecule has 0 amide bonds. The lowest BCUT2D eigenvalue weighted by Crippen LogP contribution is -2.30. The normalized spacial score (nSPS) is 19.7. The first-order valence-electron chi connectivity index (χ1n) is 5.04. The number of hydrogen-bond acceptors (Lipinski definition) is 4. The number of benzene rings is 1. The number of aliphatic carboxylic acids is 1. The molecule has 0 radical (unpaired) electrons. The number of carboxylic acids is 1. The Morgan fingerprint density at radius 1 is 1.56 bits per heavy atom. The van der Waals surface area contributed by atoms with E-state index in [1.54, 1.807) is 12.1 Å². The number of carbonyl (C=O) groups is 1. The van der Waals surface area contributed by atoms with Crippen LogP contribution < -0.4 is 0 Å². The van der Waals surface area contributed by atoms with E-state index in [-0.39, 0.29) is 0 Å². The number of carboxylic acid groups (broad SMARTS) is 1. The Balaban J connectivity index is 2.59. The van der Waals surface area contributed by atoms with E-state index < -0.39 is 22.2 Å². The van der Waals surface area contributed by atoms with E-state index in [0.717, 1.165) is 6.08 Å². The predicted molar refractivity (Wildman–Crippen MR) is 66.3 cm³/mol. The highest BCUT2D eigenvalue weighted by Gasteiger charge is 2.34. The van der Waals surface area contributed by atoms with E-state index in [1.165, 1.54) is 24.5 Å². The van der Waals surface area contributed by atoms with Gasteiger partial charge < -0.3 is 5.11 Å². The molecule has 2 atom stereocenters. The van der Waals surface area contributed by atoms with Crippen molar-refractivity contribution in [1.82, 2.24) is 0 Å². The van der Waals surface area contributed by atoms with Crippen LogP contribution in [0.1, 0.15) is 12.5 Å². The molecule has 0 saturated heterocycles. The van der Waals surface area contributed by atoms with E-state index in [9.17, 15) is 18.9 Å². The van der Waals surface area contributed by atoms with Crippen LogP contribution >= 0.6 is 0 Å². The van der Waals surface area contributed by atoms with Crippen molar-refractivity contribution in [3.63, 3.8) is 0 Å². The van der Waals surface area contributed by atoms with Gasteiger partial charge in [0.1, 0.15) is 11.4 Å². The highest BCUT2D eigenvalue weighted by Crippen LogP contribution is 2.33. The van der Waals surface area contributed by atoms with Crippen LogP contribution in [-0.2, 0) is 25.8 Å². The third-order valence-corrected chi connectivity index (χ3v) is 3.91. The summed E-state index contributed by atoms with van der Waals surface area (Å²) in [6.45, 7) is 1.39. The fourth-order valence-electron chi connectivity index (χ4n) is 1.65. The van der Waals surface area contributed by atoms with Gasteiger partial charge in [0.05, 0.1) is 26.9 Å². The minimum absolute atomic E-state index is 0.371. The van der Waals surface area contributed by atoms with Gasteiger partial charge in [-0.15, -0.1) is 0 Å². The van der Waals surface area contributed by atoms with Crippen molar-refractivity contribution in [1.29, 1.82) is 0 Å². The Labute approximate surface area is 105 Å². The summed E-state index contributed by atoms with van der Waals surface area (Å²) in [6.07, 6.45) is 0.940. The minimum Gasteiger partial charge on any atom is -0.480 e. The van der Waals surface area contributed by atoms with Gasteiger partial charge in [-0.3, -0.25) is 4.79 Å². The standard InChI is InChI=1S/C12H9NO4S/c1-12(4-5-14,11(15)16)8-2-3-9-10(6-8)18(17)7-13-9/h2-4,6-7H,1H3,(H,15,16). The third-order valence-electron chi connectivity index (χ3n) is 2.86. The van der Waals surface area contributed by atoms with Gasteiger partial charge in [-0.25, -0.2) is 14.0 Å². The van der Waals surface area contributed by atoms with E-state index in [4.69, 9.17) is 0 Å². The van der Waals surface area contributed by atoms with Gasteiger partial charge >= 0.3 is 5.97 Å². The maximum Gasteiger partial charge on any atom is 0.318 e. The number of carbonyl (C=O) groups excluding carboxylic acids is 1. The molecule has 1 aromatic rings. The van der Waals surface area contributed by atoms with E-state index in [0.29, 0.717) is 16.1 Å². The lowest BCUT2D eigenvalue weighted by molar-refractivity contribution is -0.141. The van der Waals surface area contributed by atoms with E-state index >= 15 is 0 Å². The van der Waals surface area contributed by atoms with Gasteiger partial charge in [-0.05, 0) is 24.6 Å². The Morgan fingerprint density at radius 3 is 2.89 bits per heavy atom. The first-order chi connectivity index (χ1) is 8.49. The number of hydrogen-bond donors (Lipinski definition) is 1. The summed E-state index contributed by atoms with van der Waals surface area (Å²) in [5, 5.41) is 9.21. The van der Waals surface area contributed by atoms with Crippen molar-refractivity contribution in [2.75, 3.05) is 0 Å². The average Bonchev–Trinajstić information content (AvgIpc) is 2.71. The number of fused-ring (bicyclic) bond motifs is 1. The van der Waals surface area contributed by atoms with Gasteiger partial charge in [0.15, 0.2) is 0 Å². The SMILES string of the molecule is CC(C=C=O)(C(=O)O)c1ccc2c(c1)S(=O)C=N2. The molecule has 0 fully saturated rings. The Hall–Kier alpha value is -2.04. The highest BCUT2D eigenvalue weighted by atomic mass is 32.2. The summed E-state index contributed by atoms with van der Waals surface area (Å²) < 4.78 is 11.6. The lowest BCUT2D eigenvalue weighted by atomic mass is 9.82. The van der Waals surface area contributed by atoms with Crippen molar-refractivity contribution < 1.29 is 18.9 Å². The summed E-state index contributed by atoms with van der Waals surface area (Å²) in [6, 6.07) is 4.65. The second kappa shape index (κ2) is 4.33. The van der Waals surface area contributed by atoms with Crippen LogP contribution in [0.5, 0.6) is 0 Å². The maximum atomic E-state index is 11.6. The van der Waals surface area contributed by atoms with Gasteiger partial charge in [0.2, 0.25) is 0 Å². The highest BCUT2D eigenvalue weighted by molar-refractivity contribution is 7.99. The molecule has 1 aliphatic heterocycles. The predicted octanol–water partition coefficient (Wildman–Crippen LogP) is 1.20. The van der Waals surface area contributed by atoms with E-state index in [2.05, 4.69) is 4.99 Å². The van der Waals surface area contributed by atoms with Crippen LogP contribution in [0.4, 0.5) is 5.69 Å². The van der Waals surface area contributed by atoms with Crippen LogP contribution in [-0.4, -0.2) is 26.8 Å². The molecule has 0 aliphatic carbocycles. The first kappa shape index (κ1) is 12.4. The van der Waals surface area contributed by atoms with Crippen LogP contribution in [0.3, 0.4) is 0 Å². The molecule has 0 spiro atoms. The molecule has 0 aromatic heterocycles. The Bertz CT molecular complexity index is 627. The van der Waals surface area contributed by atoms with Gasteiger partial charge in [0.25, 0.3) is 0 Å². The molecule has 2 rings (SSSR count). The topological polar surface area (TPSA) is 83.8 Å². The summed E-state index contributed by atoms with van der Waals surface area (Å²) in [5.41, 5.74) is 0.738. The monoisotopic (exact) mass is 263 g/mol. The Kier molecular flexibility index (Phi) is 2.98. The zero-order valence-corrected chi connectivity index (χ0v) is 10.2. The van der Waals surface area contributed by atoms with Crippen LogP contribution in [0.25, 0.3) is 0 Å². The molecule has 1 aliphatic rings. The molecule has 6 heteroatoms. The van der Waals surface area contributed by atoms with Gasteiger partial charge in [-0.1, -0.05) is 6.07 Å². The molecular weight excluding hydrogens is 254 g/mol. The number of aliphatic imine (C=N–C) groups is 1. The Morgan fingerprint density at radius 2 is 2.28 bits per heavy atom. The molecule has 1 heterocycles. The summed E-state index contributed by atoms with van der Waals surface area (Å²) >= 11 is 0. The molecule has 0 bridgehead atoms. The first-order valence-corrected chi connectivity index (χ1v) is 6.25. The quantitative estimate of drug-likeness (QED) is 0.830. The van der Waals surface area contributed by atoms with Crippen molar-refractivity contribution in [3.8, 4) is 0 Å². The molecule has 1 N–H and O–H groups in total. The molecule has 2 unspecified atom stereocenters. The molecule has 92 valence electrons. The molecular formula is C12H9NO4S. The maximum absolute atomic E-state index is 11.6. The molecule has 0 saturated carbocycles.